The third kappa shape index (κ3) is 6.54. The van der Waals surface area contributed by atoms with Crippen LogP contribution >= 0.6 is 0 Å². The number of nitrogens with zero attached hydrogens (tertiary/aromatic N) is 1. The number of amides is 2. The normalized spacial score (nSPS) is 14.5. The minimum absolute atomic E-state index is 0.128. The van der Waals surface area contributed by atoms with Gasteiger partial charge < -0.3 is 15.5 Å². The highest BCUT2D eigenvalue weighted by Crippen LogP contribution is 2.29. The van der Waals surface area contributed by atoms with Crippen molar-refractivity contribution in [3.05, 3.63) is 59.4 Å². The van der Waals surface area contributed by atoms with Crippen molar-refractivity contribution in [3.8, 4) is 0 Å². The summed E-state index contributed by atoms with van der Waals surface area (Å²) in [6, 6.07) is 11.4. The summed E-state index contributed by atoms with van der Waals surface area (Å²) in [6.45, 7) is 8.80. The molecule has 5 nitrogen and oxygen atoms in total. The van der Waals surface area contributed by atoms with Crippen LogP contribution in [0.4, 0.5) is 15.8 Å². The Hall–Kier alpha value is -2.89. The van der Waals surface area contributed by atoms with Gasteiger partial charge in [0.2, 0.25) is 5.91 Å². The lowest BCUT2D eigenvalue weighted by atomic mass is 9.97. The summed E-state index contributed by atoms with van der Waals surface area (Å²) in [6.07, 6.45) is 2.34. The second kappa shape index (κ2) is 10.4. The molecule has 6 heteroatoms. The third-order valence-electron chi connectivity index (χ3n) is 5.60. The monoisotopic (exact) mass is 425 g/mol. The van der Waals surface area contributed by atoms with Crippen LogP contribution in [0, 0.1) is 17.7 Å². The van der Waals surface area contributed by atoms with Crippen molar-refractivity contribution < 1.29 is 14.0 Å². The summed E-state index contributed by atoms with van der Waals surface area (Å²) < 4.78 is 13.1. The molecular formula is C25H32FN3O2. The standard InChI is InChI=1S/C25H32FN3O2/c1-17(2)16-27-25(31)22-15-21(8-9-23(22)29-12-10-18(3)11-13-29)28-24(30)14-19-4-6-20(26)7-5-19/h4-9,15,17-18H,10-14,16H2,1-3H3,(H,27,31)(H,28,30). The van der Waals surface area contributed by atoms with E-state index in [-0.39, 0.29) is 24.1 Å². The quantitative estimate of drug-likeness (QED) is 0.680. The van der Waals surface area contributed by atoms with Gasteiger partial charge in [0.05, 0.1) is 12.0 Å². The second-order valence-electron chi connectivity index (χ2n) is 8.86. The largest absolute Gasteiger partial charge is 0.371 e. The van der Waals surface area contributed by atoms with E-state index in [0.717, 1.165) is 37.2 Å². The molecule has 0 atom stereocenters. The lowest BCUT2D eigenvalue weighted by Crippen LogP contribution is -2.35. The van der Waals surface area contributed by atoms with Gasteiger partial charge in [-0.05, 0) is 60.6 Å². The van der Waals surface area contributed by atoms with Gasteiger partial charge >= 0.3 is 0 Å². The van der Waals surface area contributed by atoms with Gasteiger partial charge in [0.25, 0.3) is 5.91 Å². The van der Waals surface area contributed by atoms with Crippen LogP contribution in [0.15, 0.2) is 42.5 Å². The summed E-state index contributed by atoms with van der Waals surface area (Å²) >= 11 is 0. The molecule has 1 aliphatic rings. The van der Waals surface area contributed by atoms with Crippen molar-refractivity contribution in [2.75, 3.05) is 29.9 Å². The molecule has 2 aromatic rings. The Morgan fingerprint density at radius 2 is 1.77 bits per heavy atom. The van der Waals surface area contributed by atoms with Crippen LogP contribution < -0.4 is 15.5 Å². The Morgan fingerprint density at radius 1 is 1.10 bits per heavy atom. The average Bonchev–Trinajstić information content (AvgIpc) is 2.74. The Kier molecular flexibility index (Phi) is 7.66. The number of anilines is 2. The molecule has 2 amide bonds. The first-order valence-electron chi connectivity index (χ1n) is 11.0. The topological polar surface area (TPSA) is 61.4 Å². The van der Waals surface area contributed by atoms with Crippen LogP contribution in [0.25, 0.3) is 0 Å². The second-order valence-corrected chi connectivity index (χ2v) is 8.86. The van der Waals surface area contributed by atoms with Gasteiger partial charge in [-0.1, -0.05) is 32.9 Å². The predicted octanol–water partition coefficient (Wildman–Crippen LogP) is 4.63. The van der Waals surface area contributed by atoms with Gasteiger partial charge in [0.1, 0.15) is 5.82 Å². The van der Waals surface area contributed by atoms with E-state index >= 15 is 0 Å². The van der Waals surface area contributed by atoms with E-state index in [0.29, 0.717) is 29.6 Å². The lowest BCUT2D eigenvalue weighted by Gasteiger charge is -2.33. The number of carbonyl (C=O) groups is 2. The molecular weight excluding hydrogens is 393 g/mol. The molecule has 1 saturated heterocycles. The first-order valence-corrected chi connectivity index (χ1v) is 11.0. The number of carbonyl (C=O) groups excluding carboxylic acids is 2. The molecule has 2 aromatic carbocycles. The van der Waals surface area contributed by atoms with E-state index in [1.54, 1.807) is 18.2 Å². The summed E-state index contributed by atoms with van der Waals surface area (Å²) in [5, 5.41) is 5.87. The molecule has 1 aliphatic heterocycles. The first-order chi connectivity index (χ1) is 14.8. The molecule has 1 fully saturated rings. The summed E-state index contributed by atoms with van der Waals surface area (Å²) in [5.74, 6) is 0.377. The maximum atomic E-state index is 13.1. The van der Waals surface area contributed by atoms with E-state index in [4.69, 9.17) is 0 Å². The number of benzene rings is 2. The van der Waals surface area contributed by atoms with Crippen LogP contribution in [0.2, 0.25) is 0 Å². The summed E-state index contributed by atoms with van der Waals surface area (Å²) in [7, 11) is 0. The van der Waals surface area contributed by atoms with E-state index in [1.165, 1.54) is 12.1 Å². The molecule has 0 unspecified atom stereocenters. The molecule has 0 saturated carbocycles. The zero-order chi connectivity index (χ0) is 22.4. The minimum atomic E-state index is -0.330. The van der Waals surface area contributed by atoms with E-state index < -0.39 is 0 Å². The number of nitrogens with one attached hydrogen (secondary N) is 2. The van der Waals surface area contributed by atoms with Crippen molar-refractivity contribution in [1.29, 1.82) is 0 Å². The summed E-state index contributed by atoms with van der Waals surface area (Å²) in [4.78, 5) is 27.7. The van der Waals surface area contributed by atoms with Crippen LogP contribution in [0.5, 0.6) is 0 Å². The van der Waals surface area contributed by atoms with E-state index in [2.05, 4.69) is 36.3 Å². The lowest BCUT2D eigenvalue weighted by molar-refractivity contribution is -0.115. The number of hydrogen-bond acceptors (Lipinski definition) is 3. The molecule has 1 heterocycles. The molecule has 0 radical (unpaired) electrons. The number of rotatable bonds is 7. The Morgan fingerprint density at radius 3 is 2.42 bits per heavy atom. The first kappa shape index (κ1) is 22.8. The van der Waals surface area contributed by atoms with Crippen molar-refractivity contribution in [3.63, 3.8) is 0 Å². The fraction of sp³-hybridized carbons (Fsp3) is 0.440. The van der Waals surface area contributed by atoms with E-state index in [1.807, 2.05) is 12.1 Å². The van der Waals surface area contributed by atoms with Crippen molar-refractivity contribution in [2.45, 2.75) is 40.0 Å². The van der Waals surface area contributed by atoms with Gasteiger partial charge in [-0.3, -0.25) is 9.59 Å². The molecule has 0 spiro atoms. The third-order valence-corrected chi connectivity index (χ3v) is 5.60. The molecule has 0 aliphatic carbocycles. The van der Waals surface area contributed by atoms with Gasteiger partial charge in [0, 0.05) is 31.0 Å². The van der Waals surface area contributed by atoms with Crippen LogP contribution in [-0.4, -0.2) is 31.4 Å². The fourth-order valence-corrected chi connectivity index (χ4v) is 3.71. The minimum Gasteiger partial charge on any atom is -0.371 e. The predicted molar refractivity (Wildman–Crippen MR) is 123 cm³/mol. The molecule has 0 aromatic heterocycles. The maximum absolute atomic E-state index is 13.1. The van der Waals surface area contributed by atoms with Crippen LogP contribution in [0.3, 0.4) is 0 Å². The number of hydrogen-bond donors (Lipinski definition) is 2. The van der Waals surface area contributed by atoms with Crippen molar-refractivity contribution in [1.82, 2.24) is 5.32 Å². The van der Waals surface area contributed by atoms with Gasteiger partial charge in [-0.25, -0.2) is 4.39 Å². The Labute approximate surface area is 184 Å². The Bertz CT molecular complexity index is 903. The van der Waals surface area contributed by atoms with Crippen molar-refractivity contribution in [2.24, 2.45) is 11.8 Å². The molecule has 166 valence electrons. The molecule has 3 rings (SSSR count). The molecule has 31 heavy (non-hydrogen) atoms. The molecule has 2 N–H and O–H groups in total. The zero-order valence-electron chi connectivity index (χ0n) is 18.6. The summed E-state index contributed by atoms with van der Waals surface area (Å²) in [5.41, 5.74) is 2.79. The number of piperidine rings is 1. The maximum Gasteiger partial charge on any atom is 0.253 e. The average molecular weight is 426 g/mol. The molecule has 0 bridgehead atoms. The SMILES string of the molecule is CC(C)CNC(=O)c1cc(NC(=O)Cc2ccc(F)cc2)ccc1N1CCC(C)CC1. The van der Waals surface area contributed by atoms with Gasteiger partial charge in [-0.15, -0.1) is 0 Å². The highest BCUT2D eigenvalue weighted by molar-refractivity contribution is 6.02. The van der Waals surface area contributed by atoms with Crippen LogP contribution in [0.1, 0.15) is 49.5 Å². The van der Waals surface area contributed by atoms with Gasteiger partial charge in [-0.2, -0.15) is 0 Å². The zero-order valence-corrected chi connectivity index (χ0v) is 18.6. The van der Waals surface area contributed by atoms with E-state index in [9.17, 15) is 14.0 Å². The fourth-order valence-electron chi connectivity index (χ4n) is 3.71. The highest BCUT2D eigenvalue weighted by Gasteiger charge is 2.22. The highest BCUT2D eigenvalue weighted by atomic mass is 19.1. The number of halogens is 1. The smallest absolute Gasteiger partial charge is 0.253 e. The van der Waals surface area contributed by atoms with Crippen LogP contribution in [-0.2, 0) is 11.2 Å². The van der Waals surface area contributed by atoms with Gasteiger partial charge in [0.15, 0.2) is 0 Å². The Balaban J connectivity index is 1.77. The van der Waals surface area contributed by atoms with Crippen molar-refractivity contribution >= 4 is 23.2 Å².